The van der Waals surface area contributed by atoms with Gasteiger partial charge in [-0.15, -0.1) is 12.4 Å². The van der Waals surface area contributed by atoms with Crippen molar-refractivity contribution < 1.29 is 13.2 Å². The molecular weight excluding hydrogens is 264 g/mol. The number of hydrogen-bond acceptors (Lipinski definition) is 4. The van der Waals surface area contributed by atoms with Crippen LogP contribution in [0.2, 0.25) is 0 Å². The second-order valence-electron chi connectivity index (χ2n) is 4.25. The van der Waals surface area contributed by atoms with Crippen molar-refractivity contribution in [3.8, 4) is 0 Å². The Morgan fingerprint density at radius 2 is 2.00 bits per heavy atom. The molecule has 1 N–H and O–H groups in total. The summed E-state index contributed by atoms with van der Waals surface area (Å²) in [6, 6.07) is 0.260. The minimum Gasteiger partial charge on any atom is -0.336 e. The highest BCUT2D eigenvalue weighted by atomic mass is 35.5. The summed E-state index contributed by atoms with van der Waals surface area (Å²) in [5, 5.41) is 3.25. The molecule has 0 aromatic carbocycles. The lowest BCUT2D eigenvalue weighted by Crippen LogP contribution is -2.58. The van der Waals surface area contributed by atoms with Gasteiger partial charge in [-0.25, -0.2) is 8.42 Å². The zero-order valence-corrected chi connectivity index (χ0v) is 12.1. The number of nitrogens with zero attached hydrogens (tertiary/aromatic N) is 1. The average Bonchev–Trinajstić information content (AvgIpc) is 2.21. The van der Waals surface area contributed by atoms with E-state index >= 15 is 0 Å². The van der Waals surface area contributed by atoms with Gasteiger partial charge in [0.15, 0.2) is 9.84 Å². The number of carbonyl (C=O) groups excluding carboxylic acids is 1. The molecule has 0 saturated carbocycles. The van der Waals surface area contributed by atoms with Crippen LogP contribution in [0.5, 0.6) is 0 Å². The van der Waals surface area contributed by atoms with Gasteiger partial charge in [0.25, 0.3) is 0 Å². The summed E-state index contributed by atoms with van der Waals surface area (Å²) >= 11 is 0. The molecule has 0 aliphatic carbocycles. The van der Waals surface area contributed by atoms with Crippen LogP contribution in [0.4, 0.5) is 0 Å². The predicted molar refractivity (Wildman–Crippen MR) is 70.2 cm³/mol. The number of halogens is 1. The molecule has 1 amide bonds. The Balaban J connectivity index is 0.00000256. The molecule has 17 heavy (non-hydrogen) atoms. The first-order valence-electron chi connectivity index (χ1n) is 5.60. The van der Waals surface area contributed by atoms with E-state index in [1.807, 2.05) is 13.8 Å². The van der Waals surface area contributed by atoms with Crippen molar-refractivity contribution in [2.75, 3.05) is 24.6 Å². The van der Waals surface area contributed by atoms with Crippen LogP contribution in [0, 0.1) is 0 Å². The molecule has 0 bridgehead atoms. The van der Waals surface area contributed by atoms with Crippen molar-refractivity contribution in [2.45, 2.75) is 32.9 Å². The standard InChI is InChI=1S/C10H20N2O3S.ClH/c1-4-16(14,15)7-10(13)12-6-5-11-8(2)9(12)3;/h8-9,11H,4-7H2,1-3H3;1H. The lowest BCUT2D eigenvalue weighted by Gasteiger charge is -2.38. The topological polar surface area (TPSA) is 66.5 Å². The van der Waals surface area contributed by atoms with Gasteiger partial charge >= 0.3 is 0 Å². The largest absolute Gasteiger partial charge is 0.336 e. The molecule has 2 atom stereocenters. The first-order valence-corrected chi connectivity index (χ1v) is 7.43. The van der Waals surface area contributed by atoms with Crippen molar-refractivity contribution in [3.05, 3.63) is 0 Å². The number of sulfone groups is 1. The van der Waals surface area contributed by atoms with Crippen LogP contribution in [0.1, 0.15) is 20.8 Å². The average molecular weight is 285 g/mol. The number of amides is 1. The third-order valence-electron chi connectivity index (χ3n) is 3.14. The Morgan fingerprint density at radius 3 is 2.53 bits per heavy atom. The molecule has 0 spiro atoms. The SMILES string of the molecule is CCS(=O)(=O)CC(=O)N1CCNC(C)C1C.Cl. The fraction of sp³-hybridized carbons (Fsp3) is 0.900. The van der Waals surface area contributed by atoms with E-state index in [1.54, 1.807) is 11.8 Å². The van der Waals surface area contributed by atoms with Gasteiger partial charge < -0.3 is 10.2 Å². The van der Waals surface area contributed by atoms with Crippen molar-refractivity contribution in [1.82, 2.24) is 10.2 Å². The third kappa shape index (κ3) is 4.44. The molecule has 1 saturated heterocycles. The summed E-state index contributed by atoms with van der Waals surface area (Å²) in [4.78, 5) is 13.5. The van der Waals surface area contributed by atoms with Gasteiger partial charge in [0.1, 0.15) is 5.75 Å². The molecular formula is C10H21ClN2O3S. The normalized spacial score (nSPS) is 25.2. The molecule has 0 radical (unpaired) electrons. The minimum absolute atomic E-state index is 0. The highest BCUT2D eigenvalue weighted by Crippen LogP contribution is 2.10. The number of hydrogen-bond donors (Lipinski definition) is 1. The van der Waals surface area contributed by atoms with Crippen LogP contribution in [0.25, 0.3) is 0 Å². The molecule has 1 rings (SSSR count). The summed E-state index contributed by atoms with van der Waals surface area (Å²) in [5.74, 6) is -0.613. The summed E-state index contributed by atoms with van der Waals surface area (Å²) in [5.41, 5.74) is 0. The second kappa shape index (κ2) is 6.56. The molecule has 102 valence electrons. The van der Waals surface area contributed by atoms with Gasteiger partial charge in [0, 0.05) is 30.9 Å². The van der Waals surface area contributed by atoms with E-state index in [9.17, 15) is 13.2 Å². The van der Waals surface area contributed by atoms with Crippen molar-refractivity contribution in [1.29, 1.82) is 0 Å². The molecule has 7 heteroatoms. The lowest BCUT2D eigenvalue weighted by atomic mass is 10.1. The van der Waals surface area contributed by atoms with Crippen LogP contribution in [0.15, 0.2) is 0 Å². The molecule has 1 aliphatic heterocycles. The van der Waals surface area contributed by atoms with E-state index in [1.165, 1.54) is 0 Å². The monoisotopic (exact) mass is 284 g/mol. The summed E-state index contributed by atoms with van der Waals surface area (Å²) in [6.07, 6.45) is 0. The Morgan fingerprint density at radius 1 is 1.41 bits per heavy atom. The van der Waals surface area contributed by atoms with Gasteiger partial charge in [0.05, 0.1) is 0 Å². The van der Waals surface area contributed by atoms with E-state index < -0.39 is 9.84 Å². The van der Waals surface area contributed by atoms with Crippen molar-refractivity contribution >= 4 is 28.2 Å². The maximum absolute atomic E-state index is 11.8. The third-order valence-corrected chi connectivity index (χ3v) is 4.70. The summed E-state index contributed by atoms with van der Waals surface area (Å²) < 4.78 is 22.8. The highest BCUT2D eigenvalue weighted by Gasteiger charge is 2.29. The van der Waals surface area contributed by atoms with E-state index in [0.717, 1.165) is 6.54 Å². The van der Waals surface area contributed by atoms with Gasteiger partial charge in [-0.05, 0) is 13.8 Å². The molecule has 0 aromatic heterocycles. The van der Waals surface area contributed by atoms with Crippen LogP contribution in [-0.2, 0) is 14.6 Å². The molecule has 5 nitrogen and oxygen atoms in total. The second-order valence-corrected chi connectivity index (χ2v) is 6.60. The Labute approximate surface area is 109 Å². The number of rotatable bonds is 3. The smallest absolute Gasteiger partial charge is 0.238 e. The van der Waals surface area contributed by atoms with Gasteiger partial charge in [-0.2, -0.15) is 0 Å². The van der Waals surface area contributed by atoms with E-state index in [2.05, 4.69) is 5.32 Å². The van der Waals surface area contributed by atoms with Crippen LogP contribution in [0.3, 0.4) is 0 Å². The Kier molecular flexibility index (Phi) is 6.43. The Bertz CT molecular complexity index is 359. The van der Waals surface area contributed by atoms with E-state index in [-0.39, 0.29) is 41.9 Å². The van der Waals surface area contributed by atoms with E-state index in [0.29, 0.717) is 6.54 Å². The van der Waals surface area contributed by atoms with Crippen LogP contribution >= 0.6 is 12.4 Å². The molecule has 2 unspecified atom stereocenters. The number of piperazine rings is 1. The fourth-order valence-corrected chi connectivity index (χ4v) is 2.53. The maximum Gasteiger partial charge on any atom is 0.238 e. The number of nitrogens with one attached hydrogen (secondary N) is 1. The maximum atomic E-state index is 11.8. The van der Waals surface area contributed by atoms with Crippen LogP contribution in [-0.4, -0.2) is 55.9 Å². The first-order chi connectivity index (χ1) is 7.37. The van der Waals surface area contributed by atoms with Gasteiger partial charge in [-0.1, -0.05) is 6.92 Å². The van der Waals surface area contributed by atoms with Crippen molar-refractivity contribution in [2.24, 2.45) is 0 Å². The molecule has 1 aliphatic rings. The summed E-state index contributed by atoms with van der Waals surface area (Å²) in [6.45, 7) is 6.81. The summed E-state index contributed by atoms with van der Waals surface area (Å²) in [7, 11) is -3.22. The van der Waals surface area contributed by atoms with Crippen molar-refractivity contribution in [3.63, 3.8) is 0 Å². The van der Waals surface area contributed by atoms with Gasteiger partial charge in [0.2, 0.25) is 5.91 Å². The Hall–Kier alpha value is -0.330. The number of carbonyl (C=O) groups is 1. The van der Waals surface area contributed by atoms with E-state index in [4.69, 9.17) is 0 Å². The molecule has 1 heterocycles. The lowest BCUT2D eigenvalue weighted by molar-refractivity contribution is -0.132. The fourth-order valence-electron chi connectivity index (χ4n) is 1.78. The zero-order valence-electron chi connectivity index (χ0n) is 10.5. The first kappa shape index (κ1) is 16.7. The highest BCUT2D eigenvalue weighted by molar-refractivity contribution is 7.92. The minimum atomic E-state index is -3.22. The van der Waals surface area contributed by atoms with Crippen LogP contribution < -0.4 is 5.32 Å². The predicted octanol–water partition coefficient (Wildman–Crippen LogP) is 0.0517. The molecule has 1 fully saturated rings. The molecule has 0 aromatic rings. The van der Waals surface area contributed by atoms with Gasteiger partial charge in [-0.3, -0.25) is 4.79 Å². The zero-order chi connectivity index (χ0) is 12.3. The quantitative estimate of drug-likeness (QED) is 0.795.